The Morgan fingerprint density at radius 1 is 1.27 bits per heavy atom. The summed E-state index contributed by atoms with van der Waals surface area (Å²) in [4.78, 5) is 24.9. The second-order valence-corrected chi connectivity index (χ2v) is 7.44. The van der Waals surface area contributed by atoms with E-state index in [9.17, 15) is 4.79 Å². The van der Waals surface area contributed by atoms with Crippen molar-refractivity contribution in [2.75, 3.05) is 13.1 Å². The number of nitrogens with zero attached hydrogens (tertiary/aromatic N) is 3. The Morgan fingerprint density at radius 2 is 2.08 bits per heavy atom. The summed E-state index contributed by atoms with van der Waals surface area (Å²) in [5, 5.41) is 4.37. The van der Waals surface area contributed by atoms with Gasteiger partial charge in [0.2, 0.25) is 0 Å². The molecule has 0 spiro atoms. The molecule has 1 aliphatic heterocycles. The third-order valence-corrected chi connectivity index (χ3v) is 5.46. The van der Waals surface area contributed by atoms with Crippen LogP contribution in [-0.2, 0) is 6.54 Å². The molecule has 3 rings (SSSR count). The first-order valence-corrected chi connectivity index (χ1v) is 9.32. The number of nitrogens with one attached hydrogen (secondary N) is 1. The van der Waals surface area contributed by atoms with Crippen LogP contribution in [0, 0.1) is 13.8 Å². The average Bonchev–Trinajstić information content (AvgIpc) is 2.79. The van der Waals surface area contributed by atoms with Gasteiger partial charge in [-0.15, -0.1) is 36.2 Å². The zero-order chi connectivity index (χ0) is 16.9. The normalized spacial score (nSPS) is 16.8. The standard InChI is InChI=1S/C18H24N4OS.2ClH/c1-13-17(24-14(2)21-13)18(23)22(12-15-6-3-4-10-20-15)16-7-5-9-19-11-8-16;;/h3-4,6,10,16,19H,5,7-9,11-12H2,1-2H3;2*1H. The summed E-state index contributed by atoms with van der Waals surface area (Å²) in [5.74, 6) is 0.0932. The third-order valence-electron chi connectivity index (χ3n) is 4.40. The second kappa shape index (κ2) is 10.8. The van der Waals surface area contributed by atoms with Gasteiger partial charge in [-0.3, -0.25) is 9.78 Å². The Morgan fingerprint density at radius 3 is 2.73 bits per heavy atom. The fourth-order valence-corrected chi connectivity index (χ4v) is 4.08. The van der Waals surface area contributed by atoms with E-state index in [-0.39, 0.29) is 36.8 Å². The van der Waals surface area contributed by atoms with Gasteiger partial charge in [0.15, 0.2) is 0 Å². The maximum Gasteiger partial charge on any atom is 0.266 e. The van der Waals surface area contributed by atoms with E-state index < -0.39 is 0 Å². The first-order chi connectivity index (χ1) is 11.6. The van der Waals surface area contributed by atoms with Gasteiger partial charge in [0.25, 0.3) is 5.91 Å². The monoisotopic (exact) mass is 416 g/mol. The number of pyridine rings is 1. The Labute approximate surface area is 171 Å². The maximum absolute atomic E-state index is 13.2. The summed E-state index contributed by atoms with van der Waals surface area (Å²) in [6, 6.07) is 6.11. The number of carbonyl (C=O) groups is 1. The number of hydrogen-bond acceptors (Lipinski definition) is 5. The van der Waals surface area contributed by atoms with Crippen molar-refractivity contribution in [1.82, 2.24) is 20.2 Å². The van der Waals surface area contributed by atoms with Gasteiger partial charge in [0.05, 0.1) is 22.9 Å². The van der Waals surface area contributed by atoms with E-state index in [1.54, 1.807) is 6.20 Å². The molecular formula is C18H26Cl2N4OS. The zero-order valence-corrected chi connectivity index (χ0v) is 17.6. The molecule has 0 radical (unpaired) electrons. The van der Waals surface area contributed by atoms with Gasteiger partial charge in [-0.25, -0.2) is 4.98 Å². The second-order valence-electron chi connectivity index (χ2n) is 6.24. The molecule has 1 saturated heterocycles. The summed E-state index contributed by atoms with van der Waals surface area (Å²) in [6.07, 6.45) is 4.89. The van der Waals surface area contributed by atoms with E-state index in [0.29, 0.717) is 6.54 Å². The van der Waals surface area contributed by atoms with Crippen LogP contribution in [0.15, 0.2) is 24.4 Å². The van der Waals surface area contributed by atoms with Gasteiger partial charge in [-0.2, -0.15) is 0 Å². The largest absolute Gasteiger partial charge is 0.329 e. The Balaban J connectivity index is 0.00000169. The molecular weight excluding hydrogens is 391 g/mol. The Hall–Kier alpha value is -1.21. The molecule has 1 N–H and O–H groups in total. The molecule has 5 nitrogen and oxygen atoms in total. The molecule has 8 heteroatoms. The van der Waals surface area contributed by atoms with Crippen LogP contribution >= 0.6 is 36.2 Å². The fourth-order valence-electron chi connectivity index (χ4n) is 3.21. The summed E-state index contributed by atoms with van der Waals surface area (Å²) in [7, 11) is 0. The number of amides is 1. The zero-order valence-electron chi connectivity index (χ0n) is 15.1. The van der Waals surface area contributed by atoms with Gasteiger partial charge in [0.1, 0.15) is 4.88 Å². The van der Waals surface area contributed by atoms with E-state index in [1.165, 1.54) is 11.3 Å². The van der Waals surface area contributed by atoms with Gasteiger partial charge in [-0.1, -0.05) is 6.07 Å². The highest BCUT2D eigenvalue weighted by atomic mass is 35.5. The summed E-state index contributed by atoms with van der Waals surface area (Å²) >= 11 is 1.49. The maximum atomic E-state index is 13.2. The molecule has 3 heterocycles. The number of halogens is 2. The first-order valence-electron chi connectivity index (χ1n) is 8.51. The number of thiazole rings is 1. The summed E-state index contributed by atoms with van der Waals surface area (Å²) < 4.78 is 0. The quantitative estimate of drug-likeness (QED) is 0.823. The molecule has 0 aliphatic carbocycles. The van der Waals surface area contributed by atoms with E-state index in [2.05, 4.69) is 15.3 Å². The van der Waals surface area contributed by atoms with E-state index >= 15 is 0 Å². The molecule has 2 aromatic rings. The Bertz CT molecular complexity index is 688. The molecule has 1 unspecified atom stereocenters. The third kappa shape index (κ3) is 5.64. The minimum absolute atomic E-state index is 0. The van der Waals surface area contributed by atoms with Crippen molar-refractivity contribution in [2.45, 2.75) is 45.7 Å². The van der Waals surface area contributed by atoms with Crippen LogP contribution in [0.3, 0.4) is 0 Å². The highest BCUT2D eigenvalue weighted by molar-refractivity contribution is 7.13. The van der Waals surface area contributed by atoms with Crippen molar-refractivity contribution in [1.29, 1.82) is 0 Å². The minimum atomic E-state index is 0. The number of hydrogen-bond donors (Lipinski definition) is 1. The molecule has 1 atom stereocenters. The van der Waals surface area contributed by atoms with E-state index in [1.807, 2.05) is 36.9 Å². The van der Waals surface area contributed by atoms with E-state index in [0.717, 1.165) is 53.6 Å². The molecule has 144 valence electrons. The lowest BCUT2D eigenvalue weighted by atomic mass is 10.1. The van der Waals surface area contributed by atoms with Crippen molar-refractivity contribution in [3.05, 3.63) is 45.7 Å². The predicted octanol–water partition coefficient (Wildman–Crippen LogP) is 3.78. The molecule has 0 aromatic carbocycles. The number of aryl methyl sites for hydroxylation is 2. The van der Waals surface area contributed by atoms with Gasteiger partial charge >= 0.3 is 0 Å². The van der Waals surface area contributed by atoms with Crippen molar-refractivity contribution >= 4 is 42.1 Å². The van der Waals surface area contributed by atoms with Gasteiger partial charge in [-0.05, 0) is 58.3 Å². The molecule has 1 aliphatic rings. The molecule has 26 heavy (non-hydrogen) atoms. The molecule has 1 amide bonds. The van der Waals surface area contributed by atoms with Crippen LogP contribution in [-0.4, -0.2) is 39.9 Å². The van der Waals surface area contributed by atoms with E-state index in [4.69, 9.17) is 0 Å². The van der Waals surface area contributed by atoms with Gasteiger partial charge < -0.3 is 10.2 Å². The highest BCUT2D eigenvalue weighted by Gasteiger charge is 2.28. The lowest BCUT2D eigenvalue weighted by Gasteiger charge is -2.30. The SMILES string of the molecule is Cc1nc(C)c(C(=O)N(Cc2ccccn2)C2CCCNCC2)s1.Cl.Cl. The van der Waals surface area contributed by atoms with Crippen LogP contribution in [0.2, 0.25) is 0 Å². The van der Waals surface area contributed by atoms with Crippen molar-refractivity contribution < 1.29 is 4.79 Å². The molecule has 0 saturated carbocycles. The highest BCUT2D eigenvalue weighted by Crippen LogP contribution is 2.24. The number of carbonyl (C=O) groups excluding carboxylic acids is 1. The summed E-state index contributed by atoms with van der Waals surface area (Å²) in [5.41, 5.74) is 1.77. The topological polar surface area (TPSA) is 58.1 Å². The van der Waals surface area contributed by atoms with Gasteiger partial charge in [0, 0.05) is 12.2 Å². The average molecular weight is 417 g/mol. The smallest absolute Gasteiger partial charge is 0.266 e. The van der Waals surface area contributed by atoms with Crippen LogP contribution < -0.4 is 5.32 Å². The molecule has 2 aromatic heterocycles. The minimum Gasteiger partial charge on any atom is -0.329 e. The number of rotatable bonds is 4. The van der Waals surface area contributed by atoms with Crippen molar-refractivity contribution in [2.24, 2.45) is 0 Å². The summed E-state index contributed by atoms with van der Waals surface area (Å²) in [6.45, 7) is 6.41. The van der Waals surface area contributed by atoms with Crippen molar-refractivity contribution in [3.63, 3.8) is 0 Å². The van der Waals surface area contributed by atoms with Crippen molar-refractivity contribution in [3.8, 4) is 0 Å². The molecule has 1 fully saturated rings. The number of aromatic nitrogens is 2. The van der Waals surface area contributed by atoms with Crippen LogP contribution in [0.4, 0.5) is 0 Å². The lowest BCUT2D eigenvalue weighted by Crippen LogP contribution is -2.40. The fraction of sp³-hybridized carbons (Fsp3) is 0.500. The first kappa shape index (κ1) is 22.8. The van der Waals surface area contributed by atoms with Crippen LogP contribution in [0.1, 0.15) is 45.3 Å². The van der Waals surface area contributed by atoms with Crippen LogP contribution in [0.5, 0.6) is 0 Å². The Kier molecular flexibility index (Phi) is 9.50. The van der Waals surface area contributed by atoms with Crippen LogP contribution in [0.25, 0.3) is 0 Å². The molecule has 0 bridgehead atoms. The predicted molar refractivity (Wildman–Crippen MR) is 111 cm³/mol. The lowest BCUT2D eigenvalue weighted by molar-refractivity contribution is 0.0646.